The van der Waals surface area contributed by atoms with E-state index in [9.17, 15) is 0 Å². The molecule has 0 spiro atoms. The first-order valence-corrected chi connectivity index (χ1v) is 13.5. The first kappa shape index (κ1) is 24.3. The van der Waals surface area contributed by atoms with Crippen LogP contribution in [-0.2, 0) is 0 Å². The second-order valence-corrected chi connectivity index (χ2v) is 9.81. The Morgan fingerprint density at radius 3 is 1.60 bits per heavy atom. The SMILES string of the molecule is OS.c1ccc(-c2ccc3c(c2)c2cc(-c4ccc5oc6ccccc6c5c4)ccc2n3-c2ccccc2)cc1. The number of para-hydroxylation sites is 2. The van der Waals surface area contributed by atoms with Gasteiger partial charge in [0, 0.05) is 27.2 Å². The van der Waals surface area contributed by atoms with Crippen molar-refractivity contribution in [1.82, 2.24) is 4.57 Å². The number of aromatic nitrogens is 1. The Kier molecular flexibility index (Phi) is 6.12. The van der Waals surface area contributed by atoms with E-state index in [2.05, 4.69) is 145 Å². The summed E-state index contributed by atoms with van der Waals surface area (Å²) in [5.41, 5.74) is 10.3. The molecule has 0 aliphatic heterocycles. The highest BCUT2D eigenvalue weighted by molar-refractivity contribution is 7.74. The minimum Gasteiger partial charge on any atom is -0.456 e. The number of hydrogen-bond acceptors (Lipinski definition) is 3. The number of hydrogen-bond donors (Lipinski definition) is 2. The fourth-order valence-electron chi connectivity index (χ4n) is 5.77. The van der Waals surface area contributed by atoms with Crippen LogP contribution in [-0.4, -0.2) is 9.12 Å². The number of furan rings is 1. The summed E-state index contributed by atoms with van der Waals surface area (Å²) in [6, 6.07) is 49.7. The second kappa shape index (κ2) is 10.1. The molecule has 0 aliphatic rings. The van der Waals surface area contributed by atoms with E-state index in [0.29, 0.717) is 0 Å². The lowest BCUT2D eigenvalue weighted by Crippen LogP contribution is -1.93. The van der Waals surface area contributed by atoms with Crippen LogP contribution < -0.4 is 0 Å². The fourth-order valence-corrected chi connectivity index (χ4v) is 5.77. The Bertz CT molecular complexity index is 2130. The molecule has 0 aliphatic carbocycles. The van der Waals surface area contributed by atoms with Crippen molar-refractivity contribution in [3.8, 4) is 27.9 Å². The van der Waals surface area contributed by atoms with Crippen LogP contribution in [0.25, 0.3) is 71.7 Å². The molecule has 4 heteroatoms. The standard InChI is InChI=1S/C36H23NO.H2OS/c1-3-9-24(10-4-1)25-15-18-33-30(21-25)31-22-26(16-19-34(31)37(33)28-11-5-2-6-12-28)27-17-20-36-32(23-27)29-13-7-8-14-35(29)38-36;1-2/h1-23H;1-2H. The average molecular weight is 536 g/mol. The summed E-state index contributed by atoms with van der Waals surface area (Å²) in [5, 5.41) is 4.80. The number of fused-ring (bicyclic) bond motifs is 6. The maximum absolute atomic E-state index is 6.69. The van der Waals surface area contributed by atoms with E-state index in [1.807, 2.05) is 12.1 Å². The molecule has 0 unspecified atom stereocenters. The molecule has 0 radical (unpaired) electrons. The molecule has 40 heavy (non-hydrogen) atoms. The highest BCUT2D eigenvalue weighted by Crippen LogP contribution is 2.38. The average Bonchev–Trinajstić information content (AvgIpc) is 3.57. The summed E-state index contributed by atoms with van der Waals surface area (Å²) in [7, 11) is 0. The smallest absolute Gasteiger partial charge is 0.135 e. The summed E-state index contributed by atoms with van der Waals surface area (Å²) in [6.07, 6.45) is 0. The molecule has 0 amide bonds. The number of benzene rings is 6. The largest absolute Gasteiger partial charge is 0.456 e. The molecule has 2 heterocycles. The van der Waals surface area contributed by atoms with Gasteiger partial charge in [0.05, 0.1) is 11.0 Å². The minimum atomic E-state index is 0.921. The van der Waals surface area contributed by atoms with Gasteiger partial charge in [-0.1, -0.05) is 84.9 Å². The van der Waals surface area contributed by atoms with Crippen molar-refractivity contribution in [2.75, 3.05) is 0 Å². The molecule has 0 fully saturated rings. The molecule has 0 atom stereocenters. The highest BCUT2D eigenvalue weighted by atomic mass is 32.1. The molecule has 2 aromatic heterocycles. The van der Waals surface area contributed by atoms with Gasteiger partial charge in [-0.25, -0.2) is 0 Å². The molecular weight excluding hydrogens is 510 g/mol. The molecule has 8 rings (SSSR count). The van der Waals surface area contributed by atoms with Crippen molar-refractivity contribution >= 4 is 56.7 Å². The Labute approximate surface area is 237 Å². The van der Waals surface area contributed by atoms with Gasteiger partial charge in [-0.05, 0) is 89.8 Å². The maximum atomic E-state index is 6.69. The summed E-state index contributed by atoms with van der Waals surface area (Å²) < 4.78 is 15.1. The van der Waals surface area contributed by atoms with Crippen LogP contribution in [0.5, 0.6) is 0 Å². The van der Waals surface area contributed by atoms with Crippen LogP contribution >= 0.6 is 12.9 Å². The summed E-state index contributed by atoms with van der Waals surface area (Å²) in [6.45, 7) is 0. The molecule has 0 bridgehead atoms. The highest BCUT2D eigenvalue weighted by Gasteiger charge is 2.15. The summed E-state index contributed by atoms with van der Waals surface area (Å²) in [5.74, 6) is 0. The third-order valence-electron chi connectivity index (χ3n) is 7.60. The molecule has 3 nitrogen and oxygen atoms in total. The van der Waals surface area contributed by atoms with Gasteiger partial charge in [0.25, 0.3) is 0 Å². The number of rotatable bonds is 3. The van der Waals surface area contributed by atoms with Crippen molar-refractivity contribution in [3.05, 3.63) is 140 Å². The van der Waals surface area contributed by atoms with E-state index in [4.69, 9.17) is 8.97 Å². The molecule has 192 valence electrons. The van der Waals surface area contributed by atoms with E-state index in [-0.39, 0.29) is 0 Å². The summed E-state index contributed by atoms with van der Waals surface area (Å²) in [4.78, 5) is 0. The van der Waals surface area contributed by atoms with Crippen LogP contribution in [0.4, 0.5) is 0 Å². The molecule has 8 aromatic rings. The van der Waals surface area contributed by atoms with Crippen LogP contribution in [0.15, 0.2) is 144 Å². The normalized spacial score (nSPS) is 11.2. The van der Waals surface area contributed by atoms with Gasteiger partial charge in [-0.15, -0.1) is 0 Å². The van der Waals surface area contributed by atoms with Crippen LogP contribution in [0, 0.1) is 0 Å². The monoisotopic (exact) mass is 535 g/mol. The van der Waals surface area contributed by atoms with Crippen molar-refractivity contribution in [3.63, 3.8) is 0 Å². The molecule has 0 saturated carbocycles. The van der Waals surface area contributed by atoms with Crippen LogP contribution in [0.3, 0.4) is 0 Å². The predicted octanol–water partition coefficient (Wildman–Crippen LogP) is 10.4. The van der Waals surface area contributed by atoms with Gasteiger partial charge in [0.2, 0.25) is 0 Å². The van der Waals surface area contributed by atoms with E-state index < -0.39 is 0 Å². The Balaban J connectivity index is 0.00000130. The quantitative estimate of drug-likeness (QED) is 0.174. The number of thiol groups is 1. The van der Waals surface area contributed by atoms with E-state index in [1.165, 1.54) is 49.7 Å². The Hall–Kier alpha value is -4.77. The zero-order valence-corrected chi connectivity index (χ0v) is 22.4. The second-order valence-electron chi connectivity index (χ2n) is 9.81. The maximum Gasteiger partial charge on any atom is 0.135 e. The van der Waals surface area contributed by atoms with Gasteiger partial charge < -0.3 is 13.5 Å². The number of nitrogens with zero attached hydrogens (tertiary/aromatic N) is 1. The Morgan fingerprint density at radius 1 is 0.425 bits per heavy atom. The lowest BCUT2D eigenvalue weighted by molar-refractivity contribution is 0.669. The first-order chi connectivity index (χ1) is 19.8. The van der Waals surface area contributed by atoms with E-state index >= 15 is 0 Å². The molecular formula is C36H25NO2S. The zero-order chi connectivity index (χ0) is 27.1. The lowest BCUT2D eigenvalue weighted by Gasteiger charge is -2.08. The topological polar surface area (TPSA) is 38.3 Å². The van der Waals surface area contributed by atoms with Crippen molar-refractivity contribution < 1.29 is 8.97 Å². The van der Waals surface area contributed by atoms with Crippen molar-refractivity contribution in [1.29, 1.82) is 0 Å². The van der Waals surface area contributed by atoms with Crippen molar-refractivity contribution in [2.45, 2.75) is 0 Å². The van der Waals surface area contributed by atoms with Gasteiger partial charge in [-0.3, -0.25) is 0 Å². The van der Waals surface area contributed by atoms with Gasteiger partial charge in [0.15, 0.2) is 0 Å². The first-order valence-electron chi connectivity index (χ1n) is 13.1. The molecule has 0 saturated heterocycles. The predicted molar refractivity (Wildman–Crippen MR) is 171 cm³/mol. The molecule has 6 aromatic carbocycles. The zero-order valence-electron chi connectivity index (χ0n) is 21.5. The Morgan fingerprint density at radius 2 is 0.925 bits per heavy atom. The third kappa shape index (κ3) is 3.97. The van der Waals surface area contributed by atoms with E-state index in [0.717, 1.165) is 21.9 Å². The lowest BCUT2D eigenvalue weighted by atomic mass is 9.99. The van der Waals surface area contributed by atoms with E-state index in [1.54, 1.807) is 0 Å². The van der Waals surface area contributed by atoms with Gasteiger partial charge >= 0.3 is 0 Å². The summed E-state index contributed by atoms with van der Waals surface area (Å²) >= 11 is 2.53. The third-order valence-corrected chi connectivity index (χ3v) is 7.60. The van der Waals surface area contributed by atoms with Crippen LogP contribution in [0.1, 0.15) is 0 Å². The van der Waals surface area contributed by atoms with Crippen molar-refractivity contribution in [2.24, 2.45) is 0 Å². The van der Waals surface area contributed by atoms with Gasteiger partial charge in [0.1, 0.15) is 11.2 Å². The molecule has 1 N–H and O–H groups in total. The minimum absolute atomic E-state index is 0.921. The van der Waals surface area contributed by atoms with Gasteiger partial charge in [-0.2, -0.15) is 0 Å². The fraction of sp³-hybridized carbons (Fsp3) is 0. The van der Waals surface area contributed by atoms with Crippen LogP contribution in [0.2, 0.25) is 0 Å².